The minimum absolute atomic E-state index is 0.0329. The van der Waals surface area contributed by atoms with Crippen LogP contribution in [0.15, 0.2) is 24.3 Å². The van der Waals surface area contributed by atoms with E-state index < -0.39 is 23.5 Å². The highest BCUT2D eigenvalue weighted by molar-refractivity contribution is 6.21. The normalized spacial score (nSPS) is 15.5. The van der Waals surface area contributed by atoms with Gasteiger partial charge in [0, 0.05) is 37.2 Å². The molecule has 4 amide bonds. The van der Waals surface area contributed by atoms with Crippen molar-refractivity contribution in [3.8, 4) is 0 Å². The third-order valence-corrected chi connectivity index (χ3v) is 5.28. The average Bonchev–Trinajstić information content (AvgIpc) is 3.24. The van der Waals surface area contributed by atoms with Crippen LogP contribution in [0.2, 0.25) is 0 Å². The van der Waals surface area contributed by atoms with Crippen molar-refractivity contribution in [3.63, 3.8) is 0 Å². The van der Waals surface area contributed by atoms with Crippen molar-refractivity contribution in [1.82, 2.24) is 20.0 Å². The summed E-state index contributed by atoms with van der Waals surface area (Å²) in [6, 6.07) is 6.59. The van der Waals surface area contributed by atoms with E-state index in [1.807, 2.05) is 0 Å². The molecular weight excluding hydrogens is 414 g/mol. The van der Waals surface area contributed by atoms with E-state index in [2.05, 4.69) is 15.5 Å². The Morgan fingerprint density at radius 1 is 1.16 bits per heavy atom. The molecule has 0 saturated heterocycles. The fourth-order valence-electron chi connectivity index (χ4n) is 3.73. The van der Waals surface area contributed by atoms with Gasteiger partial charge in [-0.2, -0.15) is 5.10 Å². The van der Waals surface area contributed by atoms with Crippen LogP contribution in [0.5, 0.6) is 0 Å². The van der Waals surface area contributed by atoms with Gasteiger partial charge in [-0.3, -0.25) is 24.4 Å². The van der Waals surface area contributed by atoms with Gasteiger partial charge in [0.2, 0.25) is 5.91 Å². The van der Waals surface area contributed by atoms with Gasteiger partial charge in [0.05, 0.1) is 17.7 Å². The molecule has 32 heavy (non-hydrogen) atoms. The van der Waals surface area contributed by atoms with E-state index in [0.29, 0.717) is 29.9 Å². The van der Waals surface area contributed by atoms with Crippen LogP contribution in [0.1, 0.15) is 59.2 Å². The monoisotopic (exact) mass is 439 g/mol. The van der Waals surface area contributed by atoms with Gasteiger partial charge in [-0.25, -0.2) is 4.79 Å². The summed E-state index contributed by atoms with van der Waals surface area (Å²) in [4.78, 5) is 52.4. The summed E-state index contributed by atoms with van der Waals surface area (Å²) in [6.07, 6.45) is 0.0716. The van der Waals surface area contributed by atoms with Gasteiger partial charge in [0.25, 0.3) is 11.8 Å². The zero-order valence-electron chi connectivity index (χ0n) is 18.2. The van der Waals surface area contributed by atoms with Crippen molar-refractivity contribution in [3.05, 3.63) is 46.6 Å². The van der Waals surface area contributed by atoms with Crippen LogP contribution in [0.3, 0.4) is 0 Å². The first-order valence-corrected chi connectivity index (χ1v) is 10.4. The Balaban J connectivity index is 1.37. The lowest BCUT2D eigenvalue weighted by atomic mass is 10.1. The number of H-pyrrole nitrogens is 1. The van der Waals surface area contributed by atoms with Gasteiger partial charge < -0.3 is 15.0 Å². The molecule has 2 N–H and O–H groups in total. The van der Waals surface area contributed by atoms with Crippen molar-refractivity contribution in [2.45, 2.75) is 45.8 Å². The largest absolute Gasteiger partial charge is 0.444 e. The number of aromatic nitrogens is 2. The summed E-state index contributed by atoms with van der Waals surface area (Å²) in [7, 11) is 0. The van der Waals surface area contributed by atoms with Crippen molar-refractivity contribution >= 4 is 29.6 Å². The lowest BCUT2D eigenvalue weighted by Crippen LogP contribution is -2.40. The fourth-order valence-corrected chi connectivity index (χ4v) is 3.73. The third-order valence-electron chi connectivity index (χ3n) is 5.28. The molecule has 3 heterocycles. The predicted octanol–water partition coefficient (Wildman–Crippen LogP) is 2.33. The van der Waals surface area contributed by atoms with Gasteiger partial charge in [0.15, 0.2) is 5.82 Å². The van der Waals surface area contributed by atoms with E-state index in [1.165, 1.54) is 0 Å². The Morgan fingerprint density at radius 3 is 2.44 bits per heavy atom. The highest BCUT2D eigenvalue weighted by atomic mass is 16.6. The van der Waals surface area contributed by atoms with Crippen LogP contribution in [-0.2, 0) is 22.5 Å². The van der Waals surface area contributed by atoms with Crippen molar-refractivity contribution in [2.24, 2.45) is 0 Å². The number of amides is 4. The molecule has 2 aliphatic rings. The fraction of sp³-hybridized carbons (Fsp3) is 0.409. The number of aromatic amines is 1. The molecule has 10 heteroatoms. The molecule has 0 spiro atoms. The second-order valence-electron chi connectivity index (χ2n) is 8.79. The summed E-state index contributed by atoms with van der Waals surface area (Å²) in [6.45, 7) is 6.12. The number of fused-ring (bicyclic) bond motifs is 2. The molecule has 10 nitrogen and oxygen atoms in total. The molecule has 168 valence electrons. The summed E-state index contributed by atoms with van der Waals surface area (Å²) >= 11 is 0. The Labute approximate surface area is 184 Å². The lowest BCUT2D eigenvalue weighted by Gasteiger charge is -2.30. The predicted molar refractivity (Wildman–Crippen MR) is 114 cm³/mol. The van der Waals surface area contributed by atoms with Gasteiger partial charge in [-0.15, -0.1) is 0 Å². The molecule has 0 saturated carbocycles. The van der Waals surface area contributed by atoms with Gasteiger partial charge in [-0.1, -0.05) is 12.1 Å². The van der Waals surface area contributed by atoms with Crippen molar-refractivity contribution < 1.29 is 23.9 Å². The summed E-state index contributed by atoms with van der Waals surface area (Å²) in [5, 5.41) is 9.79. The Morgan fingerprint density at radius 2 is 1.81 bits per heavy atom. The number of anilines is 1. The van der Waals surface area contributed by atoms with Crippen LogP contribution in [0, 0.1) is 0 Å². The summed E-state index contributed by atoms with van der Waals surface area (Å²) < 4.78 is 5.43. The average molecular weight is 439 g/mol. The maximum Gasteiger partial charge on any atom is 0.410 e. The molecule has 0 bridgehead atoms. The zero-order chi connectivity index (χ0) is 23.0. The van der Waals surface area contributed by atoms with Gasteiger partial charge in [-0.05, 0) is 32.9 Å². The number of nitrogens with one attached hydrogen (secondary N) is 2. The number of hydrogen-bond donors (Lipinski definition) is 2. The minimum Gasteiger partial charge on any atom is -0.444 e. The maximum absolute atomic E-state index is 12.5. The second kappa shape index (κ2) is 8.10. The van der Waals surface area contributed by atoms with Crippen LogP contribution in [-0.4, -0.2) is 62.5 Å². The summed E-state index contributed by atoms with van der Waals surface area (Å²) in [5.41, 5.74) is 1.66. The van der Waals surface area contributed by atoms with Crippen LogP contribution >= 0.6 is 0 Å². The van der Waals surface area contributed by atoms with E-state index in [1.54, 1.807) is 49.9 Å². The molecule has 2 aliphatic heterocycles. The standard InChI is InChI=1S/C22H25N5O5/c1-22(2,3)32-21(31)26-10-8-16-15(12-26)18(25-24-16)23-17(28)9-11-27-19(29)13-6-4-5-7-14(13)20(27)30/h4-7H,8-12H2,1-3H3,(H2,23,24,25,28). The summed E-state index contributed by atoms with van der Waals surface area (Å²) in [5.74, 6) is -0.849. The number of rotatable bonds is 4. The number of carbonyl (C=O) groups is 4. The van der Waals surface area contributed by atoms with Crippen LogP contribution < -0.4 is 5.32 Å². The molecule has 0 fully saturated rings. The number of ether oxygens (including phenoxy) is 1. The maximum atomic E-state index is 12.5. The molecule has 1 aromatic carbocycles. The van der Waals surface area contributed by atoms with Crippen LogP contribution in [0.4, 0.5) is 10.6 Å². The molecule has 0 atom stereocenters. The first-order valence-electron chi connectivity index (χ1n) is 10.4. The quantitative estimate of drug-likeness (QED) is 0.705. The molecule has 1 aromatic heterocycles. The van der Waals surface area contributed by atoms with E-state index in [4.69, 9.17) is 4.74 Å². The van der Waals surface area contributed by atoms with Gasteiger partial charge in [0.1, 0.15) is 5.60 Å². The number of hydrogen-bond acceptors (Lipinski definition) is 6. The topological polar surface area (TPSA) is 125 Å². The lowest BCUT2D eigenvalue weighted by molar-refractivity contribution is -0.116. The minimum atomic E-state index is -0.602. The Kier molecular flexibility index (Phi) is 5.45. The highest BCUT2D eigenvalue weighted by Crippen LogP contribution is 2.26. The smallest absolute Gasteiger partial charge is 0.410 e. The molecule has 0 unspecified atom stereocenters. The molecule has 0 aliphatic carbocycles. The van der Waals surface area contributed by atoms with Crippen LogP contribution in [0.25, 0.3) is 0 Å². The SMILES string of the molecule is CC(C)(C)OC(=O)N1CCc2[nH]nc(NC(=O)CCN3C(=O)c4ccccc4C3=O)c2C1. The zero-order valence-corrected chi connectivity index (χ0v) is 18.2. The van der Waals surface area contributed by atoms with Gasteiger partial charge >= 0.3 is 6.09 Å². The Bertz CT molecular complexity index is 1070. The Hall–Kier alpha value is -3.69. The molecule has 2 aromatic rings. The van der Waals surface area contributed by atoms with Crippen molar-refractivity contribution in [2.75, 3.05) is 18.4 Å². The molecule has 0 radical (unpaired) electrons. The second-order valence-corrected chi connectivity index (χ2v) is 8.79. The van der Waals surface area contributed by atoms with E-state index >= 15 is 0 Å². The molecular formula is C22H25N5O5. The number of imide groups is 1. The first-order chi connectivity index (χ1) is 15.1. The van der Waals surface area contributed by atoms with E-state index in [9.17, 15) is 19.2 Å². The van der Waals surface area contributed by atoms with Crippen molar-refractivity contribution in [1.29, 1.82) is 0 Å². The third kappa shape index (κ3) is 4.20. The first kappa shape index (κ1) is 21.5. The number of carbonyl (C=O) groups excluding carboxylic acids is 4. The van der Waals surface area contributed by atoms with E-state index in [-0.39, 0.29) is 25.4 Å². The highest BCUT2D eigenvalue weighted by Gasteiger charge is 2.35. The number of nitrogens with zero attached hydrogens (tertiary/aromatic N) is 3. The number of benzene rings is 1. The molecule has 4 rings (SSSR count). The van der Waals surface area contributed by atoms with E-state index in [0.717, 1.165) is 16.2 Å².